The fourth-order valence-corrected chi connectivity index (χ4v) is 3.00. The summed E-state index contributed by atoms with van der Waals surface area (Å²) in [6.45, 7) is 0.466. The second-order valence-electron chi connectivity index (χ2n) is 5.58. The molecular formula is C19H18N2O5. The first-order valence-electron chi connectivity index (χ1n) is 7.97. The number of nitrogens with zero attached hydrogens (tertiary/aromatic N) is 2. The van der Waals surface area contributed by atoms with Gasteiger partial charge in [-0.3, -0.25) is 9.36 Å². The number of ether oxygens (including phenoxy) is 2. The lowest BCUT2D eigenvalue weighted by Crippen LogP contribution is -2.29. The Morgan fingerprint density at radius 1 is 1.19 bits per heavy atom. The summed E-state index contributed by atoms with van der Waals surface area (Å²) >= 11 is 0. The van der Waals surface area contributed by atoms with Crippen LogP contribution in [-0.4, -0.2) is 41.5 Å². The molecule has 0 amide bonds. The van der Waals surface area contributed by atoms with Gasteiger partial charge in [0.1, 0.15) is 17.0 Å². The third-order valence-corrected chi connectivity index (χ3v) is 4.13. The number of methoxy groups -OCH3 is 2. The molecule has 0 atom stereocenters. The molecule has 2 heterocycles. The van der Waals surface area contributed by atoms with Gasteiger partial charge in [-0.25, -0.2) is 9.78 Å². The third-order valence-electron chi connectivity index (χ3n) is 4.13. The van der Waals surface area contributed by atoms with Crippen molar-refractivity contribution in [2.75, 3.05) is 20.8 Å². The first kappa shape index (κ1) is 17.6. The van der Waals surface area contributed by atoms with Gasteiger partial charge >= 0.3 is 5.97 Å². The predicted molar refractivity (Wildman–Crippen MR) is 96.8 cm³/mol. The molecule has 0 aliphatic rings. The molecule has 134 valence electrons. The van der Waals surface area contributed by atoms with Crippen molar-refractivity contribution in [3.63, 3.8) is 0 Å². The Morgan fingerprint density at radius 3 is 2.65 bits per heavy atom. The van der Waals surface area contributed by atoms with Crippen LogP contribution in [0.25, 0.3) is 22.2 Å². The van der Waals surface area contributed by atoms with Crippen LogP contribution >= 0.6 is 0 Å². The van der Waals surface area contributed by atoms with Gasteiger partial charge in [0, 0.05) is 29.8 Å². The molecule has 26 heavy (non-hydrogen) atoms. The van der Waals surface area contributed by atoms with Crippen molar-refractivity contribution in [3.8, 4) is 16.9 Å². The minimum Gasteiger partial charge on any atom is -0.496 e. The number of carboxylic acids is 1. The number of rotatable bonds is 6. The summed E-state index contributed by atoms with van der Waals surface area (Å²) in [5.41, 5.74) is 0.298. The topological polar surface area (TPSA) is 90.7 Å². The standard InChI is InChI=1S/C19H18N2O5/c1-25-11-10-21-17-13(7-5-9-20-17)15(16(18(21)22)19(23)24)12-6-3-4-8-14(12)26-2/h3-9H,10-11H2,1-2H3,(H,23,24). The van der Waals surface area contributed by atoms with Crippen molar-refractivity contribution in [3.05, 3.63) is 58.5 Å². The van der Waals surface area contributed by atoms with Crippen LogP contribution < -0.4 is 10.3 Å². The van der Waals surface area contributed by atoms with E-state index in [1.807, 2.05) is 0 Å². The van der Waals surface area contributed by atoms with Crippen LogP contribution in [-0.2, 0) is 11.3 Å². The Hall–Kier alpha value is -3.19. The summed E-state index contributed by atoms with van der Waals surface area (Å²) in [6.07, 6.45) is 1.57. The van der Waals surface area contributed by atoms with Crippen molar-refractivity contribution in [1.82, 2.24) is 9.55 Å². The van der Waals surface area contributed by atoms with Crippen molar-refractivity contribution >= 4 is 17.0 Å². The molecule has 3 aromatic rings. The summed E-state index contributed by atoms with van der Waals surface area (Å²) in [4.78, 5) is 29.3. The molecule has 0 spiro atoms. The molecule has 0 unspecified atom stereocenters. The van der Waals surface area contributed by atoms with Crippen molar-refractivity contribution in [2.45, 2.75) is 6.54 Å². The van der Waals surface area contributed by atoms with Crippen LogP contribution in [0.1, 0.15) is 10.4 Å². The maximum absolute atomic E-state index is 13.0. The molecule has 0 fully saturated rings. The number of aromatic carboxylic acids is 1. The lowest BCUT2D eigenvalue weighted by atomic mass is 9.96. The van der Waals surface area contributed by atoms with Gasteiger partial charge in [0.2, 0.25) is 0 Å². The molecule has 0 aliphatic carbocycles. The van der Waals surface area contributed by atoms with Crippen molar-refractivity contribution in [2.24, 2.45) is 0 Å². The van der Waals surface area contributed by atoms with E-state index in [0.717, 1.165) is 0 Å². The smallest absolute Gasteiger partial charge is 0.342 e. The molecule has 0 saturated heterocycles. The third kappa shape index (κ3) is 2.93. The molecule has 1 aromatic carbocycles. The maximum atomic E-state index is 13.0. The average Bonchev–Trinajstić information content (AvgIpc) is 2.66. The Bertz CT molecular complexity index is 1030. The largest absolute Gasteiger partial charge is 0.496 e. The molecule has 2 aromatic heterocycles. The minimum atomic E-state index is -1.30. The van der Waals surface area contributed by atoms with Gasteiger partial charge in [-0.2, -0.15) is 0 Å². The number of benzene rings is 1. The molecule has 7 nitrogen and oxygen atoms in total. The fraction of sp³-hybridized carbons (Fsp3) is 0.211. The van der Waals surface area contributed by atoms with E-state index >= 15 is 0 Å². The zero-order valence-electron chi connectivity index (χ0n) is 14.4. The van der Waals surface area contributed by atoms with Gasteiger partial charge in [0.15, 0.2) is 0 Å². The summed E-state index contributed by atoms with van der Waals surface area (Å²) in [6, 6.07) is 10.5. The van der Waals surface area contributed by atoms with E-state index < -0.39 is 11.5 Å². The van der Waals surface area contributed by atoms with E-state index in [1.54, 1.807) is 42.6 Å². The molecule has 0 saturated carbocycles. The van der Waals surface area contributed by atoms with E-state index in [-0.39, 0.29) is 18.7 Å². The quantitative estimate of drug-likeness (QED) is 0.731. The molecule has 7 heteroatoms. The van der Waals surface area contributed by atoms with Gasteiger partial charge in [-0.1, -0.05) is 18.2 Å². The minimum absolute atomic E-state index is 0.204. The SMILES string of the molecule is COCCn1c(=O)c(C(=O)O)c(-c2ccccc2OC)c2cccnc21. The summed E-state index contributed by atoms with van der Waals surface area (Å²) < 4.78 is 11.8. The number of hydrogen-bond donors (Lipinski definition) is 1. The normalized spacial score (nSPS) is 10.8. The zero-order valence-corrected chi connectivity index (χ0v) is 14.4. The van der Waals surface area contributed by atoms with Crippen LogP contribution in [0, 0.1) is 0 Å². The van der Waals surface area contributed by atoms with E-state index in [4.69, 9.17) is 9.47 Å². The van der Waals surface area contributed by atoms with Gasteiger partial charge in [-0.05, 0) is 18.2 Å². The van der Waals surface area contributed by atoms with E-state index in [1.165, 1.54) is 18.8 Å². The number of pyridine rings is 2. The first-order chi connectivity index (χ1) is 12.6. The van der Waals surface area contributed by atoms with Gasteiger partial charge in [0.05, 0.1) is 20.3 Å². The maximum Gasteiger partial charge on any atom is 0.342 e. The van der Waals surface area contributed by atoms with Crippen LogP contribution in [0.5, 0.6) is 5.75 Å². The lowest BCUT2D eigenvalue weighted by molar-refractivity contribution is 0.0695. The Kier molecular flexibility index (Phi) is 4.99. The van der Waals surface area contributed by atoms with E-state index in [2.05, 4.69) is 4.98 Å². The highest BCUT2D eigenvalue weighted by Crippen LogP contribution is 2.35. The predicted octanol–water partition coefficient (Wildman–Crippen LogP) is 2.42. The van der Waals surface area contributed by atoms with Crippen LogP contribution in [0.4, 0.5) is 0 Å². The zero-order chi connectivity index (χ0) is 18.7. The summed E-state index contributed by atoms with van der Waals surface area (Å²) in [7, 11) is 3.02. The van der Waals surface area contributed by atoms with Crippen LogP contribution in [0.3, 0.4) is 0 Å². The number of carbonyl (C=O) groups is 1. The number of fused-ring (bicyclic) bond motifs is 1. The van der Waals surface area contributed by atoms with Gasteiger partial charge in [0.25, 0.3) is 5.56 Å². The summed E-state index contributed by atoms with van der Waals surface area (Å²) in [5.74, 6) is -0.818. The molecule has 0 bridgehead atoms. The second-order valence-corrected chi connectivity index (χ2v) is 5.58. The fourth-order valence-electron chi connectivity index (χ4n) is 3.00. The van der Waals surface area contributed by atoms with Crippen LogP contribution in [0.2, 0.25) is 0 Å². The highest BCUT2D eigenvalue weighted by molar-refractivity contribution is 6.06. The van der Waals surface area contributed by atoms with Crippen LogP contribution in [0.15, 0.2) is 47.4 Å². The highest BCUT2D eigenvalue weighted by atomic mass is 16.5. The monoisotopic (exact) mass is 354 g/mol. The first-order valence-corrected chi connectivity index (χ1v) is 7.97. The Labute approximate surface area is 149 Å². The highest BCUT2D eigenvalue weighted by Gasteiger charge is 2.25. The Morgan fingerprint density at radius 2 is 1.96 bits per heavy atom. The summed E-state index contributed by atoms with van der Waals surface area (Å²) in [5, 5.41) is 10.3. The molecule has 3 rings (SSSR count). The Balaban J connectivity index is 2.48. The van der Waals surface area contributed by atoms with Crippen molar-refractivity contribution in [1.29, 1.82) is 0 Å². The van der Waals surface area contributed by atoms with E-state index in [0.29, 0.717) is 27.9 Å². The van der Waals surface area contributed by atoms with E-state index in [9.17, 15) is 14.7 Å². The van der Waals surface area contributed by atoms with Crippen molar-refractivity contribution < 1.29 is 19.4 Å². The van der Waals surface area contributed by atoms with Gasteiger partial charge < -0.3 is 14.6 Å². The van der Waals surface area contributed by atoms with Gasteiger partial charge in [-0.15, -0.1) is 0 Å². The number of aromatic nitrogens is 2. The number of para-hydroxylation sites is 1. The number of hydrogen-bond acceptors (Lipinski definition) is 5. The molecule has 0 radical (unpaired) electrons. The average molecular weight is 354 g/mol. The molecule has 0 aliphatic heterocycles. The molecule has 1 N–H and O–H groups in total. The second kappa shape index (κ2) is 7.37. The molecular weight excluding hydrogens is 336 g/mol. The number of carboxylic acid groups (broad SMARTS) is 1. The lowest BCUT2D eigenvalue weighted by Gasteiger charge is -2.17.